The standard InChI is InChI=1S/C16H15NS2/c1-2-6-13(7-3-1)12-19-16-10-11-18-15-9-5-4-8-14(15)17-16/h1-9H,10-12H2. The number of fused-ring (bicyclic) bond motifs is 1. The van der Waals surface area contributed by atoms with E-state index in [1.807, 2.05) is 23.5 Å². The summed E-state index contributed by atoms with van der Waals surface area (Å²) in [5, 5.41) is 1.25. The normalized spacial score (nSPS) is 14.4. The van der Waals surface area contributed by atoms with E-state index in [1.54, 1.807) is 0 Å². The summed E-state index contributed by atoms with van der Waals surface area (Å²) in [6, 6.07) is 19.0. The van der Waals surface area contributed by atoms with Gasteiger partial charge in [-0.15, -0.1) is 23.5 Å². The van der Waals surface area contributed by atoms with Gasteiger partial charge in [-0.25, -0.2) is 4.99 Å². The summed E-state index contributed by atoms with van der Waals surface area (Å²) >= 11 is 3.77. The van der Waals surface area contributed by atoms with Crippen molar-refractivity contribution >= 4 is 34.3 Å². The molecule has 0 bridgehead atoms. The van der Waals surface area contributed by atoms with Crippen LogP contribution in [0, 0.1) is 0 Å². The van der Waals surface area contributed by atoms with E-state index in [0.717, 1.165) is 23.6 Å². The van der Waals surface area contributed by atoms with Crippen molar-refractivity contribution in [1.29, 1.82) is 0 Å². The summed E-state index contributed by atoms with van der Waals surface area (Å²) in [6.45, 7) is 0. The Balaban J connectivity index is 1.73. The van der Waals surface area contributed by atoms with Gasteiger partial charge in [0.25, 0.3) is 0 Å². The first-order chi connectivity index (χ1) is 9.42. The van der Waals surface area contributed by atoms with Gasteiger partial charge in [0.1, 0.15) is 0 Å². The van der Waals surface area contributed by atoms with Crippen LogP contribution in [0.5, 0.6) is 0 Å². The molecule has 0 aromatic heterocycles. The molecule has 0 unspecified atom stereocenters. The van der Waals surface area contributed by atoms with Gasteiger partial charge in [-0.3, -0.25) is 0 Å². The highest BCUT2D eigenvalue weighted by Gasteiger charge is 2.10. The second-order valence-electron chi connectivity index (χ2n) is 4.35. The van der Waals surface area contributed by atoms with Crippen LogP contribution in [0.25, 0.3) is 0 Å². The molecule has 1 aliphatic rings. The van der Waals surface area contributed by atoms with Crippen LogP contribution in [0.4, 0.5) is 5.69 Å². The SMILES string of the molecule is c1ccc(CSC2=Nc3ccccc3SCC2)cc1. The van der Waals surface area contributed by atoms with Gasteiger partial charge < -0.3 is 0 Å². The quantitative estimate of drug-likeness (QED) is 0.757. The maximum absolute atomic E-state index is 4.81. The lowest BCUT2D eigenvalue weighted by Gasteiger charge is -2.03. The fourth-order valence-corrected chi connectivity index (χ4v) is 3.97. The molecule has 96 valence electrons. The van der Waals surface area contributed by atoms with Crippen molar-refractivity contribution in [3.63, 3.8) is 0 Å². The van der Waals surface area contributed by atoms with Gasteiger partial charge in [0, 0.05) is 22.8 Å². The van der Waals surface area contributed by atoms with Crippen molar-refractivity contribution in [3.8, 4) is 0 Å². The molecule has 0 amide bonds. The number of aliphatic imine (C=N–C) groups is 1. The fraction of sp³-hybridized carbons (Fsp3) is 0.188. The monoisotopic (exact) mass is 285 g/mol. The molecule has 0 atom stereocenters. The molecule has 2 aromatic rings. The second kappa shape index (κ2) is 6.31. The Morgan fingerprint density at radius 2 is 1.79 bits per heavy atom. The van der Waals surface area contributed by atoms with Gasteiger partial charge in [0.15, 0.2) is 0 Å². The number of hydrogen-bond donors (Lipinski definition) is 0. The lowest BCUT2D eigenvalue weighted by Crippen LogP contribution is -1.93. The van der Waals surface area contributed by atoms with Gasteiger partial charge in [-0.05, 0) is 17.7 Å². The van der Waals surface area contributed by atoms with E-state index in [4.69, 9.17) is 4.99 Å². The molecule has 1 aliphatic heterocycles. The maximum atomic E-state index is 4.81. The predicted octanol–water partition coefficient (Wildman–Crippen LogP) is 5.15. The van der Waals surface area contributed by atoms with Crippen LogP contribution in [0.15, 0.2) is 64.5 Å². The van der Waals surface area contributed by atoms with Gasteiger partial charge in [-0.1, -0.05) is 42.5 Å². The number of thioether (sulfide) groups is 2. The number of rotatable bonds is 2. The maximum Gasteiger partial charge on any atom is 0.0775 e. The highest BCUT2D eigenvalue weighted by Crippen LogP contribution is 2.34. The lowest BCUT2D eigenvalue weighted by molar-refractivity contribution is 1.33. The molecule has 3 heteroatoms. The minimum Gasteiger partial charge on any atom is -0.245 e. The first-order valence-corrected chi connectivity index (χ1v) is 8.35. The molecule has 0 radical (unpaired) electrons. The van der Waals surface area contributed by atoms with Crippen molar-refractivity contribution in [1.82, 2.24) is 0 Å². The molecule has 0 aliphatic carbocycles. The average molecular weight is 285 g/mol. The molecule has 0 spiro atoms. The largest absolute Gasteiger partial charge is 0.245 e. The second-order valence-corrected chi connectivity index (χ2v) is 6.53. The summed E-state index contributed by atoms with van der Waals surface area (Å²) in [5.74, 6) is 2.13. The number of hydrogen-bond acceptors (Lipinski definition) is 3. The molecule has 2 aromatic carbocycles. The smallest absolute Gasteiger partial charge is 0.0775 e. The van der Waals surface area contributed by atoms with E-state index in [-0.39, 0.29) is 0 Å². The van der Waals surface area contributed by atoms with Crippen LogP contribution >= 0.6 is 23.5 Å². The van der Waals surface area contributed by atoms with Crippen LogP contribution in [-0.4, -0.2) is 10.8 Å². The third-order valence-corrected chi connectivity index (χ3v) is 5.10. The van der Waals surface area contributed by atoms with E-state index >= 15 is 0 Å². The van der Waals surface area contributed by atoms with E-state index in [9.17, 15) is 0 Å². The Kier molecular flexibility index (Phi) is 4.26. The summed E-state index contributed by atoms with van der Waals surface area (Å²) < 4.78 is 0. The van der Waals surface area contributed by atoms with Crippen LogP contribution in [0.2, 0.25) is 0 Å². The van der Waals surface area contributed by atoms with Gasteiger partial charge in [-0.2, -0.15) is 0 Å². The predicted molar refractivity (Wildman–Crippen MR) is 86.6 cm³/mol. The van der Waals surface area contributed by atoms with Crippen molar-refractivity contribution in [2.75, 3.05) is 5.75 Å². The zero-order chi connectivity index (χ0) is 12.9. The van der Waals surface area contributed by atoms with E-state index < -0.39 is 0 Å². The van der Waals surface area contributed by atoms with Gasteiger partial charge in [0.2, 0.25) is 0 Å². The first kappa shape index (κ1) is 12.8. The molecule has 0 N–H and O–H groups in total. The summed E-state index contributed by atoms with van der Waals surface area (Å²) in [6.07, 6.45) is 1.07. The molecule has 3 rings (SSSR count). The topological polar surface area (TPSA) is 12.4 Å². The minimum atomic E-state index is 1.01. The van der Waals surface area contributed by atoms with Gasteiger partial charge >= 0.3 is 0 Å². The van der Waals surface area contributed by atoms with Crippen molar-refractivity contribution in [2.45, 2.75) is 17.1 Å². The zero-order valence-corrected chi connectivity index (χ0v) is 12.2. The number of nitrogens with zero attached hydrogens (tertiary/aromatic N) is 1. The summed E-state index contributed by atoms with van der Waals surface area (Å²) in [7, 11) is 0. The Morgan fingerprint density at radius 1 is 1.00 bits per heavy atom. The van der Waals surface area contributed by atoms with Crippen LogP contribution < -0.4 is 0 Å². The van der Waals surface area contributed by atoms with E-state index in [1.165, 1.54) is 15.5 Å². The van der Waals surface area contributed by atoms with Crippen LogP contribution in [0.1, 0.15) is 12.0 Å². The molecule has 0 saturated carbocycles. The fourth-order valence-electron chi connectivity index (χ4n) is 1.96. The third kappa shape index (κ3) is 3.43. The molecule has 19 heavy (non-hydrogen) atoms. The summed E-state index contributed by atoms with van der Waals surface area (Å²) in [4.78, 5) is 6.12. The number of benzene rings is 2. The van der Waals surface area contributed by atoms with Crippen LogP contribution in [-0.2, 0) is 5.75 Å². The average Bonchev–Trinajstić information content (AvgIpc) is 2.68. The Bertz CT molecular complexity index is 578. The third-order valence-electron chi connectivity index (χ3n) is 2.93. The Labute approximate surface area is 122 Å². The van der Waals surface area contributed by atoms with Crippen molar-refractivity contribution in [3.05, 3.63) is 60.2 Å². The Hall–Kier alpha value is -1.19. The van der Waals surface area contributed by atoms with Crippen molar-refractivity contribution in [2.24, 2.45) is 4.99 Å². The lowest BCUT2D eigenvalue weighted by atomic mass is 10.2. The summed E-state index contributed by atoms with van der Waals surface area (Å²) in [5.41, 5.74) is 2.49. The highest BCUT2D eigenvalue weighted by molar-refractivity contribution is 8.13. The molecule has 1 nitrogen and oxygen atoms in total. The molecular weight excluding hydrogens is 270 g/mol. The Morgan fingerprint density at radius 3 is 2.68 bits per heavy atom. The molecule has 0 fully saturated rings. The van der Waals surface area contributed by atoms with Crippen molar-refractivity contribution < 1.29 is 0 Å². The molecule has 1 heterocycles. The zero-order valence-electron chi connectivity index (χ0n) is 10.6. The number of para-hydroxylation sites is 1. The van der Waals surface area contributed by atoms with Gasteiger partial charge in [0.05, 0.1) is 10.7 Å². The minimum absolute atomic E-state index is 1.01. The molecular formula is C16H15NS2. The van der Waals surface area contributed by atoms with E-state index in [0.29, 0.717) is 0 Å². The molecule has 0 saturated heterocycles. The van der Waals surface area contributed by atoms with Crippen LogP contribution in [0.3, 0.4) is 0 Å². The highest BCUT2D eigenvalue weighted by atomic mass is 32.2. The first-order valence-electron chi connectivity index (χ1n) is 6.38. The van der Waals surface area contributed by atoms with E-state index in [2.05, 4.69) is 54.6 Å².